The molecule has 0 aliphatic rings. The number of rotatable bonds is 3. The number of nitrogen functional groups attached to an aromatic ring is 1. The minimum atomic E-state index is -3.96. The molecule has 0 saturated carbocycles. The molecular weight excluding hydrogens is 283 g/mol. The van der Waals surface area contributed by atoms with Crippen LogP contribution in [0.1, 0.15) is 0 Å². The molecule has 4 N–H and O–H groups in total. The van der Waals surface area contributed by atoms with Crippen LogP contribution in [0.4, 0.5) is 15.9 Å². The van der Waals surface area contributed by atoms with Crippen molar-refractivity contribution in [2.45, 2.75) is 4.90 Å². The van der Waals surface area contributed by atoms with E-state index in [9.17, 15) is 12.8 Å². The van der Waals surface area contributed by atoms with Crippen molar-refractivity contribution < 1.29 is 12.8 Å². The third-order valence-electron chi connectivity index (χ3n) is 2.09. The molecule has 0 radical (unpaired) electrons. The van der Waals surface area contributed by atoms with E-state index < -0.39 is 15.8 Å². The molecule has 0 unspecified atom stereocenters. The molecule has 18 heavy (non-hydrogen) atoms. The Kier molecular flexibility index (Phi) is 3.14. The number of nitrogens with one attached hydrogen (secondary N) is 2. The molecule has 2 aromatic rings. The van der Waals surface area contributed by atoms with Crippen molar-refractivity contribution in [2.24, 2.45) is 0 Å². The number of hydrogen-bond donors (Lipinski definition) is 3. The van der Waals surface area contributed by atoms with Gasteiger partial charge in [0, 0.05) is 0 Å². The van der Waals surface area contributed by atoms with Gasteiger partial charge < -0.3 is 5.73 Å². The number of nitrogens with two attached hydrogens (primary N) is 1. The molecule has 0 atom stereocenters. The van der Waals surface area contributed by atoms with Crippen molar-refractivity contribution in [2.75, 3.05) is 10.5 Å². The second kappa shape index (κ2) is 4.46. The summed E-state index contributed by atoms with van der Waals surface area (Å²) in [6.45, 7) is 0. The lowest BCUT2D eigenvalue weighted by molar-refractivity contribution is 0.601. The minimum absolute atomic E-state index is 0.0713. The van der Waals surface area contributed by atoms with Gasteiger partial charge in [-0.1, -0.05) is 11.6 Å². The highest BCUT2D eigenvalue weighted by atomic mass is 35.5. The molecule has 0 aliphatic carbocycles. The topological polar surface area (TPSA) is 101 Å². The zero-order valence-corrected chi connectivity index (χ0v) is 10.4. The maximum absolute atomic E-state index is 13.0. The Hall–Kier alpha value is -1.80. The Bertz CT molecular complexity index is 686. The summed E-state index contributed by atoms with van der Waals surface area (Å²) in [5, 5.41) is 5.85. The van der Waals surface area contributed by atoms with E-state index in [0.29, 0.717) is 0 Å². The van der Waals surface area contributed by atoms with Crippen molar-refractivity contribution in [1.82, 2.24) is 10.2 Å². The highest BCUT2D eigenvalue weighted by Gasteiger charge is 2.20. The first-order chi connectivity index (χ1) is 8.40. The average molecular weight is 291 g/mol. The molecule has 1 aromatic carbocycles. The number of sulfonamides is 1. The molecule has 0 amide bonds. The van der Waals surface area contributed by atoms with Gasteiger partial charge in [0.1, 0.15) is 16.5 Å². The summed E-state index contributed by atoms with van der Waals surface area (Å²) < 4.78 is 39.0. The van der Waals surface area contributed by atoms with Gasteiger partial charge in [0.25, 0.3) is 10.0 Å². The van der Waals surface area contributed by atoms with Crippen LogP contribution in [0, 0.1) is 5.82 Å². The van der Waals surface area contributed by atoms with Gasteiger partial charge in [-0.2, -0.15) is 5.10 Å². The molecule has 1 aromatic heterocycles. The molecular formula is C9H8ClFN4O2S. The van der Waals surface area contributed by atoms with Gasteiger partial charge in [0.15, 0.2) is 0 Å². The Morgan fingerprint density at radius 3 is 2.78 bits per heavy atom. The number of halogens is 2. The van der Waals surface area contributed by atoms with Crippen molar-refractivity contribution in [3.63, 3.8) is 0 Å². The lowest BCUT2D eigenvalue weighted by Crippen LogP contribution is -2.14. The standard InChI is InChI=1S/C9H8ClFN4O2S/c10-6-2-1-5(11)3-7(6)15-18(16,17)8-4-13-14-9(8)12/h1-4,15H,(H3,12,13,14). The van der Waals surface area contributed by atoms with Crippen LogP contribution in [0.25, 0.3) is 0 Å². The average Bonchev–Trinajstić information content (AvgIpc) is 2.70. The summed E-state index contributed by atoms with van der Waals surface area (Å²) in [6.07, 6.45) is 1.05. The van der Waals surface area contributed by atoms with Crippen LogP contribution in [0.15, 0.2) is 29.3 Å². The van der Waals surface area contributed by atoms with Crippen molar-refractivity contribution >= 4 is 33.1 Å². The van der Waals surface area contributed by atoms with Gasteiger partial charge in [-0.05, 0) is 18.2 Å². The zero-order valence-electron chi connectivity index (χ0n) is 8.81. The van der Waals surface area contributed by atoms with Crippen LogP contribution < -0.4 is 10.5 Å². The fraction of sp³-hybridized carbons (Fsp3) is 0. The molecule has 2 rings (SSSR count). The Balaban J connectivity index is 2.40. The molecule has 0 saturated heterocycles. The summed E-state index contributed by atoms with van der Waals surface area (Å²) in [5.41, 5.74) is 5.33. The Morgan fingerprint density at radius 1 is 1.44 bits per heavy atom. The molecule has 0 aliphatic heterocycles. The first kappa shape index (κ1) is 12.7. The number of hydrogen-bond acceptors (Lipinski definition) is 4. The van der Waals surface area contributed by atoms with Crippen LogP contribution in [-0.2, 0) is 10.0 Å². The van der Waals surface area contributed by atoms with Gasteiger partial charge >= 0.3 is 0 Å². The summed E-state index contributed by atoms with van der Waals surface area (Å²) >= 11 is 5.76. The summed E-state index contributed by atoms with van der Waals surface area (Å²) in [5.74, 6) is -0.729. The van der Waals surface area contributed by atoms with Crippen molar-refractivity contribution in [3.05, 3.63) is 35.2 Å². The third-order valence-corrected chi connectivity index (χ3v) is 3.82. The van der Waals surface area contributed by atoms with Gasteiger partial charge in [-0.15, -0.1) is 0 Å². The molecule has 6 nitrogen and oxygen atoms in total. The predicted octanol–water partition coefficient (Wildman–Crippen LogP) is 1.59. The van der Waals surface area contributed by atoms with E-state index in [0.717, 1.165) is 18.3 Å². The van der Waals surface area contributed by atoms with Crippen molar-refractivity contribution in [3.8, 4) is 0 Å². The van der Waals surface area contributed by atoms with Crippen molar-refractivity contribution in [1.29, 1.82) is 0 Å². The lowest BCUT2D eigenvalue weighted by atomic mass is 10.3. The van der Waals surface area contributed by atoms with Gasteiger partial charge in [-0.3, -0.25) is 9.82 Å². The Morgan fingerprint density at radius 2 is 2.17 bits per heavy atom. The van der Waals surface area contributed by atoms with Gasteiger partial charge in [0.05, 0.1) is 16.9 Å². The zero-order chi connectivity index (χ0) is 13.3. The third kappa shape index (κ3) is 2.39. The highest BCUT2D eigenvalue weighted by molar-refractivity contribution is 7.92. The number of nitrogens with zero attached hydrogens (tertiary/aromatic N) is 1. The highest BCUT2D eigenvalue weighted by Crippen LogP contribution is 2.26. The minimum Gasteiger partial charge on any atom is -0.383 e. The molecule has 9 heteroatoms. The second-order valence-corrected chi connectivity index (χ2v) is 5.44. The first-order valence-electron chi connectivity index (χ1n) is 4.67. The van der Waals surface area contributed by atoms with Crippen LogP contribution in [0.5, 0.6) is 0 Å². The number of aromatic nitrogens is 2. The van der Waals surface area contributed by atoms with Gasteiger partial charge in [-0.25, -0.2) is 12.8 Å². The fourth-order valence-electron chi connectivity index (χ4n) is 1.27. The first-order valence-corrected chi connectivity index (χ1v) is 6.53. The second-order valence-electron chi connectivity index (χ2n) is 3.38. The molecule has 0 fully saturated rings. The number of aromatic amines is 1. The number of H-pyrrole nitrogens is 1. The smallest absolute Gasteiger partial charge is 0.267 e. The summed E-state index contributed by atoms with van der Waals surface area (Å²) in [6, 6.07) is 3.33. The number of anilines is 2. The Labute approximate surface area is 107 Å². The lowest BCUT2D eigenvalue weighted by Gasteiger charge is -2.08. The van der Waals surface area contributed by atoms with E-state index in [1.165, 1.54) is 6.07 Å². The largest absolute Gasteiger partial charge is 0.383 e. The van der Waals surface area contributed by atoms with E-state index in [2.05, 4.69) is 14.9 Å². The van der Waals surface area contributed by atoms with E-state index in [1.807, 2.05) is 0 Å². The quantitative estimate of drug-likeness (QED) is 0.799. The summed E-state index contributed by atoms with van der Waals surface area (Å²) in [4.78, 5) is -0.233. The van der Waals surface area contributed by atoms with E-state index >= 15 is 0 Å². The molecule has 0 spiro atoms. The van der Waals surface area contributed by atoms with Gasteiger partial charge in [0.2, 0.25) is 0 Å². The van der Waals surface area contributed by atoms with Crippen LogP contribution in [0.2, 0.25) is 5.02 Å². The maximum atomic E-state index is 13.0. The summed E-state index contributed by atoms with van der Waals surface area (Å²) in [7, 11) is -3.96. The van der Waals surface area contributed by atoms with E-state index in [4.69, 9.17) is 17.3 Å². The van der Waals surface area contributed by atoms with E-state index in [1.54, 1.807) is 0 Å². The molecule has 0 bridgehead atoms. The normalized spacial score (nSPS) is 11.4. The number of benzene rings is 1. The molecule has 96 valence electrons. The van der Waals surface area contributed by atoms with E-state index in [-0.39, 0.29) is 21.4 Å². The predicted molar refractivity (Wildman–Crippen MR) is 65.2 cm³/mol. The van der Waals surface area contributed by atoms with Crippen LogP contribution in [0.3, 0.4) is 0 Å². The SMILES string of the molecule is Nc1[nH]ncc1S(=O)(=O)Nc1cc(F)ccc1Cl. The molecule has 1 heterocycles. The monoisotopic (exact) mass is 290 g/mol. The van der Waals surface area contributed by atoms with Crippen LogP contribution in [-0.4, -0.2) is 18.6 Å². The fourth-order valence-corrected chi connectivity index (χ4v) is 2.59. The maximum Gasteiger partial charge on any atom is 0.267 e. The van der Waals surface area contributed by atoms with Crippen LogP contribution >= 0.6 is 11.6 Å².